The van der Waals surface area contributed by atoms with Crippen LogP contribution in [0.25, 0.3) is 0 Å². The molecule has 1 aromatic carbocycles. The molecule has 10 heteroatoms. The Morgan fingerprint density at radius 2 is 2.00 bits per heavy atom. The van der Waals surface area contributed by atoms with Crippen molar-refractivity contribution in [2.45, 2.75) is 38.8 Å². The van der Waals surface area contributed by atoms with Crippen molar-refractivity contribution in [3.8, 4) is 5.75 Å². The number of aromatic nitrogens is 4. The van der Waals surface area contributed by atoms with Crippen LogP contribution in [-0.2, 0) is 16.0 Å². The molecule has 2 aliphatic rings. The Kier molecular flexibility index (Phi) is 5.79. The monoisotopic (exact) mass is 428 g/mol. The van der Waals surface area contributed by atoms with Crippen LogP contribution in [-0.4, -0.2) is 81.4 Å². The van der Waals surface area contributed by atoms with E-state index in [0.29, 0.717) is 32.6 Å². The number of rotatable bonds is 6. The molecule has 0 bridgehead atoms. The van der Waals surface area contributed by atoms with Crippen molar-refractivity contribution < 1.29 is 19.1 Å². The second-order valence-corrected chi connectivity index (χ2v) is 8.81. The highest BCUT2D eigenvalue weighted by Crippen LogP contribution is 2.27. The normalized spacial score (nSPS) is 19.3. The lowest BCUT2D eigenvalue weighted by molar-refractivity contribution is -0.150. The summed E-state index contributed by atoms with van der Waals surface area (Å²) in [5.74, 6) is 0.506. The Morgan fingerprint density at radius 1 is 1.19 bits per heavy atom. The molecule has 2 fully saturated rings. The van der Waals surface area contributed by atoms with Gasteiger partial charge in [0.1, 0.15) is 18.2 Å². The first-order valence-electron chi connectivity index (χ1n) is 10.5. The number of hydrogen-bond acceptors (Lipinski definition) is 7. The van der Waals surface area contributed by atoms with Crippen LogP contribution in [0.1, 0.15) is 31.9 Å². The Labute approximate surface area is 181 Å². The van der Waals surface area contributed by atoms with Crippen LogP contribution in [0.2, 0.25) is 0 Å². The molecular formula is C21H28N6O4. The summed E-state index contributed by atoms with van der Waals surface area (Å²) in [7, 11) is 1.40. The van der Waals surface area contributed by atoms with E-state index in [1.807, 2.05) is 43.0 Å². The van der Waals surface area contributed by atoms with Crippen LogP contribution >= 0.6 is 0 Å². The lowest BCUT2D eigenvalue weighted by Crippen LogP contribution is -2.59. The number of esters is 1. The van der Waals surface area contributed by atoms with E-state index >= 15 is 0 Å². The number of ether oxygens (including phenoxy) is 2. The van der Waals surface area contributed by atoms with E-state index in [0.717, 1.165) is 17.7 Å². The summed E-state index contributed by atoms with van der Waals surface area (Å²) in [4.78, 5) is 28.3. The summed E-state index contributed by atoms with van der Waals surface area (Å²) in [6.07, 6.45) is 2.96. The van der Waals surface area contributed by atoms with Gasteiger partial charge in [-0.15, -0.1) is 5.10 Å². The van der Waals surface area contributed by atoms with Gasteiger partial charge in [-0.3, -0.25) is 4.79 Å². The van der Waals surface area contributed by atoms with Gasteiger partial charge in [-0.1, -0.05) is 12.1 Å². The van der Waals surface area contributed by atoms with E-state index in [-0.39, 0.29) is 24.1 Å². The standard InChI is InChI=1S/C21H28N6O4/c1-21(2,19(28)30-3)10-15-5-4-6-17(9-15)31-18-12-26(13-18)20(29)25-8-7-16(11-25)27-14-22-23-24-27/h4-6,9,14,16,18H,7-8,10-13H2,1-3H3/t16-/m0/s1. The maximum Gasteiger partial charge on any atom is 0.320 e. The van der Waals surface area contributed by atoms with Gasteiger partial charge in [0.05, 0.1) is 31.7 Å². The van der Waals surface area contributed by atoms with Crippen LogP contribution in [0.4, 0.5) is 4.79 Å². The zero-order valence-corrected chi connectivity index (χ0v) is 18.1. The largest absolute Gasteiger partial charge is 0.487 e. The molecule has 0 radical (unpaired) electrons. The average Bonchev–Trinajstić information content (AvgIpc) is 3.40. The number of hydrogen-bond donors (Lipinski definition) is 0. The Bertz CT molecular complexity index is 926. The lowest BCUT2D eigenvalue weighted by Gasteiger charge is -2.40. The maximum atomic E-state index is 12.7. The minimum absolute atomic E-state index is 0.0315. The highest BCUT2D eigenvalue weighted by Gasteiger charge is 2.38. The van der Waals surface area contributed by atoms with E-state index < -0.39 is 5.41 Å². The molecule has 0 N–H and O–H groups in total. The number of methoxy groups -OCH3 is 1. The zero-order valence-electron chi connectivity index (χ0n) is 18.1. The predicted octanol–water partition coefficient (Wildman–Crippen LogP) is 1.54. The molecule has 2 aliphatic heterocycles. The highest BCUT2D eigenvalue weighted by atomic mass is 16.5. The topological polar surface area (TPSA) is 103 Å². The minimum Gasteiger partial charge on any atom is -0.487 e. The van der Waals surface area contributed by atoms with E-state index in [4.69, 9.17) is 9.47 Å². The van der Waals surface area contributed by atoms with Gasteiger partial charge in [0, 0.05) is 13.1 Å². The maximum absolute atomic E-state index is 12.7. The number of tetrazole rings is 1. The lowest BCUT2D eigenvalue weighted by atomic mass is 9.86. The highest BCUT2D eigenvalue weighted by molar-refractivity contribution is 5.76. The third-order valence-corrected chi connectivity index (χ3v) is 5.88. The zero-order chi connectivity index (χ0) is 22.0. The molecule has 2 amide bonds. The fourth-order valence-electron chi connectivity index (χ4n) is 4.12. The van der Waals surface area contributed by atoms with Gasteiger partial charge in [0.25, 0.3) is 0 Å². The Balaban J connectivity index is 1.26. The van der Waals surface area contributed by atoms with Crippen LogP contribution in [0, 0.1) is 5.41 Å². The fourth-order valence-corrected chi connectivity index (χ4v) is 4.12. The van der Waals surface area contributed by atoms with Gasteiger partial charge in [0.15, 0.2) is 0 Å². The quantitative estimate of drug-likeness (QED) is 0.643. The van der Waals surface area contributed by atoms with Crippen molar-refractivity contribution in [3.63, 3.8) is 0 Å². The molecule has 0 spiro atoms. The molecule has 1 aromatic heterocycles. The summed E-state index contributed by atoms with van der Waals surface area (Å²) < 4.78 is 12.7. The van der Waals surface area contributed by atoms with E-state index in [1.165, 1.54) is 7.11 Å². The first-order chi connectivity index (χ1) is 14.9. The molecule has 0 saturated carbocycles. The molecule has 0 aliphatic carbocycles. The number of carbonyl (C=O) groups is 2. The van der Waals surface area contributed by atoms with Crippen molar-refractivity contribution in [1.82, 2.24) is 30.0 Å². The van der Waals surface area contributed by atoms with E-state index in [1.54, 1.807) is 15.9 Å². The molecule has 0 unspecified atom stereocenters. The van der Waals surface area contributed by atoms with E-state index in [2.05, 4.69) is 15.5 Å². The number of amides is 2. The summed E-state index contributed by atoms with van der Waals surface area (Å²) in [5, 5.41) is 11.3. The predicted molar refractivity (Wildman–Crippen MR) is 110 cm³/mol. The number of urea groups is 1. The molecule has 1 atom stereocenters. The first-order valence-corrected chi connectivity index (χ1v) is 10.5. The van der Waals surface area contributed by atoms with E-state index in [9.17, 15) is 9.59 Å². The number of carbonyl (C=O) groups excluding carboxylic acids is 2. The van der Waals surface area contributed by atoms with Crippen molar-refractivity contribution in [2.75, 3.05) is 33.3 Å². The number of likely N-dealkylation sites (tertiary alicyclic amines) is 2. The van der Waals surface area contributed by atoms with Crippen LogP contribution < -0.4 is 4.74 Å². The summed E-state index contributed by atoms with van der Waals surface area (Å²) in [6, 6.07) is 7.90. The molecular weight excluding hydrogens is 400 g/mol. The molecule has 2 saturated heterocycles. The molecule has 3 heterocycles. The van der Waals surface area contributed by atoms with Gasteiger partial charge >= 0.3 is 12.0 Å². The van der Waals surface area contributed by atoms with Crippen molar-refractivity contribution >= 4 is 12.0 Å². The summed E-state index contributed by atoms with van der Waals surface area (Å²) in [5.41, 5.74) is 0.397. The van der Waals surface area contributed by atoms with Gasteiger partial charge < -0.3 is 19.3 Å². The second kappa shape index (κ2) is 8.52. The first kappa shape index (κ1) is 21.1. The Morgan fingerprint density at radius 3 is 2.71 bits per heavy atom. The van der Waals surface area contributed by atoms with Gasteiger partial charge in [-0.25, -0.2) is 9.48 Å². The van der Waals surface area contributed by atoms with Gasteiger partial charge in [-0.05, 0) is 54.8 Å². The number of benzene rings is 1. The smallest absolute Gasteiger partial charge is 0.320 e. The minimum atomic E-state index is -0.608. The Hall–Kier alpha value is -3.17. The second-order valence-electron chi connectivity index (χ2n) is 8.81. The third kappa shape index (κ3) is 4.62. The van der Waals surface area contributed by atoms with Crippen LogP contribution in [0.5, 0.6) is 5.75 Å². The molecule has 2 aromatic rings. The van der Waals surface area contributed by atoms with Gasteiger partial charge in [0.2, 0.25) is 0 Å². The number of nitrogens with zero attached hydrogens (tertiary/aromatic N) is 6. The summed E-state index contributed by atoms with van der Waals surface area (Å²) in [6.45, 7) is 6.16. The molecule has 166 valence electrons. The molecule has 31 heavy (non-hydrogen) atoms. The van der Waals surface area contributed by atoms with Crippen LogP contribution in [0.15, 0.2) is 30.6 Å². The SMILES string of the molecule is COC(=O)C(C)(C)Cc1cccc(OC2CN(C(=O)N3CC[C@H](n4cnnn4)C3)C2)c1. The molecule has 4 rings (SSSR count). The third-order valence-electron chi connectivity index (χ3n) is 5.88. The van der Waals surface area contributed by atoms with Crippen LogP contribution in [0.3, 0.4) is 0 Å². The van der Waals surface area contributed by atoms with Crippen molar-refractivity contribution in [1.29, 1.82) is 0 Å². The van der Waals surface area contributed by atoms with Crippen molar-refractivity contribution in [3.05, 3.63) is 36.2 Å². The fraction of sp³-hybridized carbons (Fsp3) is 0.571. The molecule has 10 nitrogen and oxygen atoms in total. The average molecular weight is 428 g/mol. The van der Waals surface area contributed by atoms with Crippen molar-refractivity contribution in [2.24, 2.45) is 5.41 Å². The van der Waals surface area contributed by atoms with Gasteiger partial charge in [-0.2, -0.15) is 0 Å². The summed E-state index contributed by atoms with van der Waals surface area (Å²) >= 11 is 0.